The summed E-state index contributed by atoms with van der Waals surface area (Å²) in [6.07, 6.45) is -0.700. The van der Waals surface area contributed by atoms with Crippen molar-refractivity contribution in [3.05, 3.63) is 83.8 Å². The highest BCUT2D eigenvalue weighted by atomic mass is 19.4. The maximum atomic E-state index is 13.3. The fourth-order valence-corrected chi connectivity index (χ4v) is 3.67. The smallest absolute Gasteiger partial charge is 0.416 e. The molecule has 1 aliphatic heterocycles. The number of ether oxygens (including phenoxy) is 1. The van der Waals surface area contributed by atoms with Gasteiger partial charge >= 0.3 is 6.18 Å². The normalized spacial score (nSPS) is 14.6. The first kappa shape index (κ1) is 22.1. The van der Waals surface area contributed by atoms with E-state index in [4.69, 9.17) is 10.5 Å². The molecule has 8 heteroatoms. The summed E-state index contributed by atoms with van der Waals surface area (Å²) in [4.78, 5) is 6.40. The number of pyridine rings is 1. The van der Waals surface area contributed by atoms with Crippen molar-refractivity contribution in [2.45, 2.75) is 25.6 Å². The maximum absolute atomic E-state index is 13.3. The third-order valence-corrected chi connectivity index (χ3v) is 5.36. The lowest BCUT2D eigenvalue weighted by molar-refractivity contribution is -0.138. The summed E-state index contributed by atoms with van der Waals surface area (Å²) in [5.41, 5.74) is 7.28. The summed E-state index contributed by atoms with van der Waals surface area (Å²) in [5.74, 6) is -0.745. The molecule has 4 rings (SSSR count). The number of aromatic nitrogens is 1. The Kier molecular flexibility index (Phi) is 6.32. The van der Waals surface area contributed by atoms with Gasteiger partial charge in [-0.1, -0.05) is 30.3 Å². The van der Waals surface area contributed by atoms with Crippen molar-refractivity contribution in [2.24, 2.45) is 0 Å². The van der Waals surface area contributed by atoms with E-state index >= 15 is 0 Å². The van der Waals surface area contributed by atoms with Crippen molar-refractivity contribution < 1.29 is 22.3 Å². The van der Waals surface area contributed by atoms with Gasteiger partial charge in [-0.3, -0.25) is 4.90 Å². The Morgan fingerprint density at radius 3 is 2.41 bits per heavy atom. The molecule has 0 bridgehead atoms. The molecule has 32 heavy (non-hydrogen) atoms. The minimum atomic E-state index is -4.69. The van der Waals surface area contributed by atoms with Crippen LogP contribution in [0.25, 0.3) is 11.1 Å². The molecule has 0 aliphatic carbocycles. The number of alkyl halides is 3. The third-order valence-electron chi connectivity index (χ3n) is 5.36. The van der Waals surface area contributed by atoms with Gasteiger partial charge in [-0.2, -0.15) is 13.2 Å². The van der Waals surface area contributed by atoms with Gasteiger partial charge in [-0.25, -0.2) is 9.37 Å². The minimum absolute atomic E-state index is 0.0587. The van der Waals surface area contributed by atoms with Crippen molar-refractivity contribution in [2.75, 3.05) is 18.8 Å². The van der Waals surface area contributed by atoms with E-state index in [1.807, 2.05) is 24.3 Å². The van der Waals surface area contributed by atoms with Gasteiger partial charge in [-0.15, -0.1) is 0 Å². The highest BCUT2D eigenvalue weighted by Gasteiger charge is 2.34. The van der Waals surface area contributed by atoms with Crippen LogP contribution in [0.1, 0.15) is 29.5 Å². The lowest BCUT2D eigenvalue weighted by atomic mass is 10.0. The van der Waals surface area contributed by atoms with Gasteiger partial charge in [-0.05, 0) is 55.3 Å². The SMILES string of the molecule is Nc1ncc(-c2ccc([CH]N3CCCC3)cc2)cc1OCc1ccc(F)cc1C(F)(F)F. The number of anilines is 1. The molecule has 0 atom stereocenters. The standard InChI is InChI=1S/C24H22F4N3O/c25-20-8-7-18(21(12-20)24(26,27)28)15-32-22-11-19(13-30-23(22)29)17-5-3-16(4-6-17)14-31-9-1-2-10-31/h3-8,11-14H,1-2,9-10,15H2,(H2,29,30). The molecule has 2 N–H and O–H groups in total. The van der Waals surface area contributed by atoms with Crippen molar-refractivity contribution in [1.29, 1.82) is 0 Å². The van der Waals surface area contributed by atoms with Gasteiger partial charge in [0.1, 0.15) is 12.4 Å². The molecule has 1 radical (unpaired) electrons. The monoisotopic (exact) mass is 444 g/mol. The van der Waals surface area contributed by atoms with Gasteiger partial charge in [0.25, 0.3) is 0 Å². The van der Waals surface area contributed by atoms with Gasteiger partial charge in [0.15, 0.2) is 11.6 Å². The Morgan fingerprint density at radius 1 is 1.00 bits per heavy atom. The van der Waals surface area contributed by atoms with Gasteiger partial charge in [0, 0.05) is 17.3 Å². The Labute approximate surface area is 183 Å². The number of rotatable bonds is 6. The zero-order valence-corrected chi connectivity index (χ0v) is 17.2. The molecular weight excluding hydrogens is 422 g/mol. The summed E-state index contributed by atoms with van der Waals surface area (Å²) in [6.45, 7) is 3.84. The summed E-state index contributed by atoms with van der Waals surface area (Å²) >= 11 is 0. The van der Waals surface area contributed by atoms with Crippen LogP contribution in [-0.2, 0) is 12.8 Å². The highest BCUT2D eigenvalue weighted by Crippen LogP contribution is 2.34. The summed E-state index contributed by atoms with van der Waals surface area (Å²) in [6, 6.07) is 12.0. The molecule has 0 spiro atoms. The fourth-order valence-electron chi connectivity index (χ4n) is 3.67. The molecule has 0 unspecified atom stereocenters. The van der Waals surface area contributed by atoms with Crippen molar-refractivity contribution in [3.8, 4) is 16.9 Å². The average molecular weight is 444 g/mol. The van der Waals surface area contributed by atoms with E-state index < -0.39 is 24.2 Å². The quantitative estimate of drug-likeness (QED) is 0.498. The zero-order valence-electron chi connectivity index (χ0n) is 17.2. The first-order chi connectivity index (χ1) is 15.3. The van der Waals surface area contributed by atoms with Crippen LogP contribution in [0.3, 0.4) is 0 Å². The molecule has 1 aromatic heterocycles. The van der Waals surface area contributed by atoms with Crippen LogP contribution in [-0.4, -0.2) is 23.0 Å². The third kappa shape index (κ3) is 5.19. The maximum Gasteiger partial charge on any atom is 0.416 e. The van der Waals surface area contributed by atoms with Crippen LogP contribution in [0.5, 0.6) is 5.75 Å². The Morgan fingerprint density at radius 2 is 1.72 bits per heavy atom. The number of nitrogen functional groups attached to an aromatic ring is 1. The molecule has 2 aromatic carbocycles. The number of nitrogens with zero attached hydrogens (tertiary/aromatic N) is 2. The van der Waals surface area contributed by atoms with Crippen LogP contribution < -0.4 is 10.5 Å². The molecular formula is C24H22F4N3O. The molecule has 4 nitrogen and oxygen atoms in total. The van der Waals surface area contributed by atoms with Crippen LogP contribution >= 0.6 is 0 Å². The molecule has 1 aliphatic rings. The molecule has 0 saturated carbocycles. The first-order valence-electron chi connectivity index (χ1n) is 10.2. The summed E-state index contributed by atoms with van der Waals surface area (Å²) < 4.78 is 58.5. The van der Waals surface area contributed by atoms with Crippen molar-refractivity contribution in [1.82, 2.24) is 9.88 Å². The van der Waals surface area contributed by atoms with Gasteiger partial charge in [0.2, 0.25) is 0 Å². The topological polar surface area (TPSA) is 51.4 Å². The lowest BCUT2D eigenvalue weighted by Gasteiger charge is -2.15. The van der Waals surface area contributed by atoms with Crippen molar-refractivity contribution in [3.63, 3.8) is 0 Å². The Balaban J connectivity index is 1.50. The van der Waals surface area contributed by atoms with Crippen LogP contribution in [0, 0.1) is 12.4 Å². The molecule has 0 amide bonds. The Bertz CT molecular complexity index is 1080. The number of nitrogens with two attached hydrogens (primary N) is 1. The molecule has 167 valence electrons. The van der Waals surface area contributed by atoms with E-state index in [0.717, 1.165) is 41.9 Å². The van der Waals surface area contributed by atoms with Crippen molar-refractivity contribution >= 4 is 5.82 Å². The summed E-state index contributed by atoms with van der Waals surface area (Å²) in [7, 11) is 0. The zero-order chi connectivity index (χ0) is 22.7. The van der Waals surface area contributed by atoms with E-state index in [0.29, 0.717) is 6.07 Å². The van der Waals surface area contributed by atoms with E-state index in [2.05, 4.69) is 16.4 Å². The van der Waals surface area contributed by atoms with Crippen LogP contribution in [0.4, 0.5) is 23.4 Å². The second kappa shape index (κ2) is 9.16. The second-order valence-electron chi connectivity index (χ2n) is 7.69. The Hall–Kier alpha value is -3.13. The average Bonchev–Trinajstić information content (AvgIpc) is 3.27. The highest BCUT2D eigenvalue weighted by molar-refractivity contribution is 5.67. The molecule has 1 saturated heterocycles. The number of likely N-dealkylation sites (tertiary alicyclic amines) is 1. The van der Waals surface area contributed by atoms with E-state index in [-0.39, 0.29) is 17.1 Å². The minimum Gasteiger partial charge on any atom is -0.485 e. The number of benzene rings is 2. The number of hydrogen-bond donors (Lipinski definition) is 1. The predicted octanol–water partition coefficient (Wildman–Crippen LogP) is 5.67. The van der Waals surface area contributed by atoms with E-state index in [1.165, 1.54) is 12.8 Å². The number of halogens is 4. The molecule has 3 aromatic rings. The lowest BCUT2D eigenvalue weighted by Crippen LogP contribution is -2.15. The van der Waals surface area contributed by atoms with E-state index in [9.17, 15) is 17.6 Å². The fraction of sp³-hybridized carbons (Fsp3) is 0.250. The van der Waals surface area contributed by atoms with Gasteiger partial charge < -0.3 is 10.5 Å². The van der Waals surface area contributed by atoms with Gasteiger partial charge in [0.05, 0.1) is 12.1 Å². The molecule has 2 heterocycles. The second-order valence-corrected chi connectivity index (χ2v) is 7.69. The largest absolute Gasteiger partial charge is 0.485 e. The first-order valence-corrected chi connectivity index (χ1v) is 10.2. The number of hydrogen-bond acceptors (Lipinski definition) is 4. The van der Waals surface area contributed by atoms with Crippen LogP contribution in [0.15, 0.2) is 54.7 Å². The molecule has 1 fully saturated rings. The summed E-state index contributed by atoms with van der Waals surface area (Å²) in [5, 5.41) is 0. The van der Waals surface area contributed by atoms with Crippen LogP contribution in [0.2, 0.25) is 0 Å². The predicted molar refractivity (Wildman–Crippen MR) is 114 cm³/mol. The van der Waals surface area contributed by atoms with E-state index in [1.54, 1.807) is 12.3 Å².